The van der Waals surface area contributed by atoms with Crippen LogP contribution in [0.2, 0.25) is 0 Å². The van der Waals surface area contributed by atoms with Crippen molar-refractivity contribution < 1.29 is 8.42 Å². The molecule has 0 aromatic heterocycles. The van der Waals surface area contributed by atoms with E-state index in [9.17, 15) is 8.42 Å². The van der Waals surface area contributed by atoms with E-state index in [0.29, 0.717) is 11.4 Å². The first-order chi connectivity index (χ1) is 11.8. The minimum absolute atomic E-state index is 0.0659. The standard InChI is InChI=1S/C19H26N2O2S2/c1-15(2)21(3)25(22,23)19-11-7-17(8-12-19)14-20-13-16-5-9-18(24-4)10-6-16/h5-12,15,20H,13-14H2,1-4H3. The van der Waals surface area contributed by atoms with Gasteiger partial charge in [-0.2, -0.15) is 4.31 Å². The van der Waals surface area contributed by atoms with Crippen LogP contribution < -0.4 is 5.32 Å². The normalized spacial score (nSPS) is 12.1. The Balaban J connectivity index is 1.94. The Kier molecular flexibility index (Phi) is 7.07. The zero-order valence-electron chi connectivity index (χ0n) is 15.2. The fourth-order valence-corrected chi connectivity index (χ4v) is 4.09. The van der Waals surface area contributed by atoms with Crippen LogP contribution in [-0.4, -0.2) is 32.1 Å². The molecule has 2 aromatic rings. The molecule has 1 N–H and O–H groups in total. The second-order valence-corrected chi connectivity index (χ2v) is 9.09. The summed E-state index contributed by atoms with van der Waals surface area (Å²) in [5, 5.41) is 3.39. The van der Waals surface area contributed by atoms with Crippen molar-refractivity contribution in [2.24, 2.45) is 0 Å². The van der Waals surface area contributed by atoms with E-state index in [2.05, 4.69) is 35.8 Å². The maximum absolute atomic E-state index is 12.4. The molecule has 0 unspecified atom stereocenters. The fourth-order valence-electron chi connectivity index (χ4n) is 2.32. The average molecular weight is 379 g/mol. The molecule has 0 aliphatic rings. The summed E-state index contributed by atoms with van der Waals surface area (Å²) in [6.45, 7) is 5.21. The molecule has 0 amide bonds. The molecule has 2 aromatic carbocycles. The molecule has 0 aliphatic heterocycles. The van der Waals surface area contributed by atoms with Crippen LogP contribution in [0.15, 0.2) is 58.3 Å². The molecule has 0 spiro atoms. The summed E-state index contributed by atoms with van der Waals surface area (Å²) in [7, 11) is -1.81. The van der Waals surface area contributed by atoms with Gasteiger partial charge in [0.15, 0.2) is 0 Å². The number of hydrogen-bond acceptors (Lipinski definition) is 4. The molecule has 0 radical (unpaired) electrons. The highest BCUT2D eigenvalue weighted by Gasteiger charge is 2.22. The molecule has 0 aliphatic carbocycles. The Bertz CT molecular complexity index is 770. The molecule has 0 atom stereocenters. The molecule has 25 heavy (non-hydrogen) atoms. The van der Waals surface area contributed by atoms with Gasteiger partial charge in [0.2, 0.25) is 10.0 Å². The van der Waals surface area contributed by atoms with Crippen molar-refractivity contribution in [1.29, 1.82) is 0 Å². The van der Waals surface area contributed by atoms with Crippen LogP contribution in [-0.2, 0) is 23.1 Å². The third-order valence-electron chi connectivity index (χ3n) is 4.14. The third kappa shape index (κ3) is 5.31. The van der Waals surface area contributed by atoms with Crippen LogP contribution in [0.25, 0.3) is 0 Å². The molecule has 0 bridgehead atoms. The number of sulfonamides is 1. The number of nitrogens with one attached hydrogen (secondary N) is 1. The maximum Gasteiger partial charge on any atom is 0.243 e. The van der Waals surface area contributed by atoms with Crippen molar-refractivity contribution in [3.63, 3.8) is 0 Å². The second kappa shape index (κ2) is 8.85. The topological polar surface area (TPSA) is 49.4 Å². The minimum Gasteiger partial charge on any atom is -0.309 e. The first kappa shape index (κ1) is 20.0. The van der Waals surface area contributed by atoms with Crippen LogP contribution in [0.3, 0.4) is 0 Å². The average Bonchev–Trinajstić information content (AvgIpc) is 2.62. The molecule has 136 valence electrons. The molecule has 0 saturated carbocycles. The molecule has 0 saturated heterocycles. The zero-order valence-corrected chi connectivity index (χ0v) is 16.8. The van der Waals surface area contributed by atoms with Gasteiger partial charge in [0.05, 0.1) is 4.90 Å². The highest BCUT2D eigenvalue weighted by Crippen LogP contribution is 2.17. The lowest BCUT2D eigenvalue weighted by Gasteiger charge is -2.21. The predicted octanol–water partition coefficient (Wildman–Crippen LogP) is 3.73. The summed E-state index contributed by atoms with van der Waals surface area (Å²) in [5.41, 5.74) is 2.29. The van der Waals surface area contributed by atoms with Gasteiger partial charge in [0.1, 0.15) is 0 Å². The van der Waals surface area contributed by atoms with Crippen molar-refractivity contribution in [3.05, 3.63) is 59.7 Å². The van der Waals surface area contributed by atoms with Crippen LogP contribution in [0.5, 0.6) is 0 Å². The minimum atomic E-state index is -3.41. The van der Waals surface area contributed by atoms with Gasteiger partial charge in [-0.3, -0.25) is 0 Å². The van der Waals surface area contributed by atoms with E-state index in [1.165, 1.54) is 14.8 Å². The number of benzene rings is 2. The SMILES string of the molecule is CSc1ccc(CNCc2ccc(S(=O)(=O)N(C)C(C)C)cc2)cc1. The Morgan fingerprint density at radius 3 is 1.88 bits per heavy atom. The predicted molar refractivity (Wildman–Crippen MR) is 105 cm³/mol. The molecule has 2 rings (SSSR count). The van der Waals surface area contributed by atoms with Crippen LogP contribution >= 0.6 is 11.8 Å². The van der Waals surface area contributed by atoms with E-state index in [4.69, 9.17) is 0 Å². The van der Waals surface area contributed by atoms with Gasteiger partial charge < -0.3 is 5.32 Å². The molecule has 6 heteroatoms. The molecule has 4 nitrogen and oxygen atoms in total. The number of hydrogen-bond donors (Lipinski definition) is 1. The lowest BCUT2D eigenvalue weighted by Crippen LogP contribution is -2.33. The van der Waals surface area contributed by atoms with E-state index in [1.807, 2.05) is 26.0 Å². The van der Waals surface area contributed by atoms with E-state index in [0.717, 1.165) is 12.1 Å². The molecular weight excluding hydrogens is 352 g/mol. The molecular formula is C19H26N2O2S2. The van der Waals surface area contributed by atoms with Gasteiger partial charge >= 0.3 is 0 Å². The van der Waals surface area contributed by atoms with Gasteiger partial charge in [-0.1, -0.05) is 24.3 Å². The van der Waals surface area contributed by atoms with E-state index >= 15 is 0 Å². The Morgan fingerprint density at radius 2 is 1.44 bits per heavy atom. The van der Waals surface area contributed by atoms with Gasteiger partial charge in [-0.05, 0) is 55.5 Å². The van der Waals surface area contributed by atoms with Crippen molar-refractivity contribution in [1.82, 2.24) is 9.62 Å². The Labute approximate surface area is 155 Å². The summed E-state index contributed by atoms with van der Waals surface area (Å²) >= 11 is 1.73. The summed E-state index contributed by atoms with van der Waals surface area (Å²) in [6.07, 6.45) is 2.07. The van der Waals surface area contributed by atoms with Crippen molar-refractivity contribution >= 4 is 21.8 Å². The van der Waals surface area contributed by atoms with Gasteiger partial charge in [0.25, 0.3) is 0 Å². The smallest absolute Gasteiger partial charge is 0.243 e. The lowest BCUT2D eigenvalue weighted by molar-refractivity contribution is 0.410. The number of nitrogens with zero attached hydrogens (tertiary/aromatic N) is 1. The third-order valence-corrected chi connectivity index (χ3v) is 6.94. The van der Waals surface area contributed by atoms with Crippen molar-refractivity contribution in [2.45, 2.75) is 42.8 Å². The number of thioether (sulfide) groups is 1. The van der Waals surface area contributed by atoms with E-state index in [1.54, 1.807) is 30.9 Å². The van der Waals surface area contributed by atoms with Crippen LogP contribution in [0, 0.1) is 0 Å². The van der Waals surface area contributed by atoms with E-state index < -0.39 is 10.0 Å². The van der Waals surface area contributed by atoms with Gasteiger partial charge in [0, 0.05) is 31.1 Å². The van der Waals surface area contributed by atoms with Crippen LogP contribution in [0.1, 0.15) is 25.0 Å². The largest absolute Gasteiger partial charge is 0.309 e. The van der Waals surface area contributed by atoms with Gasteiger partial charge in [-0.15, -0.1) is 11.8 Å². The maximum atomic E-state index is 12.4. The second-order valence-electron chi connectivity index (χ2n) is 6.21. The first-order valence-electron chi connectivity index (χ1n) is 8.25. The summed E-state index contributed by atoms with van der Waals surface area (Å²) in [5.74, 6) is 0. The molecule has 0 heterocycles. The first-order valence-corrected chi connectivity index (χ1v) is 10.9. The van der Waals surface area contributed by atoms with Gasteiger partial charge in [-0.25, -0.2) is 8.42 Å². The number of rotatable bonds is 8. The van der Waals surface area contributed by atoms with E-state index in [-0.39, 0.29) is 6.04 Å². The quantitative estimate of drug-likeness (QED) is 0.711. The fraction of sp³-hybridized carbons (Fsp3) is 0.368. The highest BCUT2D eigenvalue weighted by molar-refractivity contribution is 7.98. The van der Waals surface area contributed by atoms with Crippen molar-refractivity contribution in [3.8, 4) is 0 Å². The lowest BCUT2D eigenvalue weighted by atomic mass is 10.2. The monoisotopic (exact) mass is 378 g/mol. The van der Waals surface area contributed by atoms with Crippen molar-refractivity contribution in [2.75, 3.05) is 13.3 Å². The summed E-state index contributed by atoms with van der Waals surface area (Å²) < 4.78 is 26.3. The summed E-state index contributed by atoms with van der Waals surface area (Å²) in [4.78, 5) is 1.59. The highest BCUT2D eigenvalue weighted by atomic mass is 32.2. The Hall–Kier alpha value is -1.34. The molecule has 0 fully saturated rings. The zero-order chi connectivity index (χ0) is 18.4. The summed E-state index contributed by atoms with van der Waals surface area (Å²) in [6, 6.07) is 15.5. The van der Waals surface area contributed by atoms with Crippen LogP contribution in [0.4, 0.5) is 0 Å². The Morgan fingerprint density at radius 1 is 0.960 bits per heavy atom.